The van der Waals surface area contributed by atoms with Gasteiger partial charge in [0.15, 0.2) is 11.5 Å². The van der Waals surface area contributed by atoms with E-state index in [-0.39, 0.29) is 24.5 Å². The molecule has 0 aliphatic carbocycles. The summed E-state index contributed by atoms with van der Waals surface area (Å²) < 4.78 is 10.6. The van der Waals surface area contributed by atoms with Crippen LogP contribution in [-0.2, 0) is 0 Å². The molecule has 0 unspecified atom stereocenters. The minimum absolute atomic E-state index is 0.141. The van der Waals surface area contributed by atoms with Crippen molar-refractivity contribution in [3.05, 3.63) is 114 Å². The van der Waals surface area contributed by atoms with Crippen LogP contribution in [0.3, 0.4) is 0 Å². The molecule has 0 saturated heterocycles. The summed E-state index contributed by atoms with van der Waals surface area (Å²) >= 11 is 0. The van der Waals surface area contributed by atoms with E-state index < -0.39 is 0 Å². The number of carbonyl (C=O) groups excluding carboxylic acids is 3. The lowest BCUT2D eigenvalue weighted by atomic mass is 10.1. The molecule has 4 aromatic rings. The van der Waals surface area contributed by atoms with E-state index in [1.54, 1.807) is 91.0 Å². The van der Waals surface area contributed by atoms with E-state index in [2.05, 4.69) is 16.0 Å². The minimum Gasteiger partial charge on any atom is -0.454 e. The molecule has 0 atom stereocenters. The molecule has 3 N–H and O–H groups in total. The Morgan fingerprint density at radius 2 is 1.17 bits per heavy atom. The van der Waals surface area contributed by atoms with E-state index in [4.69, 9.17) is 9.47 Å². The predicted molar refractivity (Wildman–Crippen MR) is 136 cm³/mol. The fourth-order valence-electron chi connectivity index (χ4n) is 3.66. The number of anilines is 3. The monoisotopic (exact) mass is 479 g/mol. The van der Waals surface area contributed by atoms with Crippen LogP contribution in [0.25, 0.3) is 0 Å². The Morgan fingerprint density at radius 1 is 0.556 bits per heavy atom. The SMILES string of the molecule is O=C(Nc1ccc(C(=O)Nc2ccccc2C(=O)Nc2ccc3c(c2)OCO3)cc1)c1ccccc1. The lowest BCUT2D eigenvalue weighted by Crippen LogP contribution is -2.18. The van der Waals surface area contributed by atoms with Gasteiger partial charge in [-0.3, -0.25) is 14.4 Å². The first-order chi connectivity index (χ1) is 17.6. The quantitative estimate of drug-likeness (QED) is 0.354. The van der Waals surface area contributed by atoms with Crippen molar-refractivity contribution < 1.29 is 23.9 Å². The van der Waals surface area contributed by atoms with Gasteiger partial charge in [0.2, 0.25) is 6.79 Å². The Morgan fingerprint density at radius 3 is 1.97 bits per heavy atom. The molecule has 1 heterocycles. The first-order valence-corrected chi connectivity index (χ1v) is 11.1. The lowest BCUT2D eigenvalue weighted by molar-refractivity contribution is 0.101. The second kappa shape index (κ2) is 10.0. The average molecular weight is 479 g/mol. The van der Waals surface area contributed by atoms with Gasteiger partial charge in [0.05, 0.1) is 11.3 Å². The third-order valence-electron chi connectivity index (χ3n) is 5.49. The number of hydrogen-bond donors (Lipinski definition) is 3. The molecule has 3 amide bonds. The number of nitrogens with one attached hydrogen (secondary N) is 3. The summed E-state index contributed by atoms with van der Waals surface area (Å²) in [5.41, 5.74) is 2.67. The van der Waals surface area contributed by atoms with Crippen molar-refractivity contribution in [1.82, 2.24) is 0 Å². The summed E-state index contributed by atoms with van der Waals surface area (Å²) in [7, 11) is 0. The maximum absolute atomic E-state index is 12.9. The van der Waals surface area contributed by atoms with Crippen molar-refractivity contribution >= 4 is 34.8 Å². The highest BCUT2D eigenvalue weighted by molar-refractivity contribution is 6.12. The number of amides is 3. The number of carbonyl (C=O) groups is 3. The van der Waals surface area contributed by atoms with Crippen molar-refractivity contribution in [2.75, 3.05) is 22.7 Å². The number of rotatable bonds is 6. The van der Waals surface area contributed by atoms with Gasteiger partial charge in [-0.25, -0.2) is 0 Å². The molecule has 8 nitrogen and oxygen atoms in total. The molecule has 178 valence electrons. The largest absolute Gasteiger partial charge is 0.454 e. The molecule has 0 aromatic heterocycles. The van der Waals surface area contributed by atoms with Gasteiger partial charge >= 0.3 is 0 Å². The highest BCUT2D eigenvalue weighted by Crippen LogP contribution is 2.34. The standard InChI is InChI=1S/C28H21N3O5/c32-26(18-6-2-1-3-7-18)29-20-12-10-19(11-13-20)27(33)31-23-9-5-4-8-22(23)28(34)30-21-14-15-24-25(16-21)36-17-35-24/h1-16H,17H2,(H,29,32)(H,30,34)(H,31,33). The maximum atomic E-state index is 12.9. The number of fused-ring (bicyclic) bond motifs is 1. The van der Waals surface area contributed by atoms with E-state index in [1.807, 2.05) is 6.07 Å². The topological polar surface area (TPSA) is 106 Å². The van der Waals surface area contributed by atoms with Gasteiger partial charge in [-0.15, -0.1) is 0 Å². The van der Waals surface area contributed by atoms with E-state index in [0.29, 0.717) is 45.3 Å². The van der Waals surface area contributed by atoms with Gasteiger partial charge < -0.3 is 25.4 Å². The second-order valence-corrected chi connectivity index (χ2v) is 7.92. The minimum atomic E-state index is -0.390. The molecule has 0 radical (unpaired) electrons. The van der Waals surface area contributed by atoms with Crippen LogP contribution in [0.15, 0.2) is 97.1 Å². The van der Waals surface area contributed by atoms with Gasteiger partial charge in [-0.05, 0) is 60.7 Å². The first-order valence-electron chi connectivity index (χ1n) is 11.1. The third kappa shape index (κ3) is 5.02. The zero-order valence-electron chi connectivity index (χ0n) is 19.0. The van der Waals surface area contributed by atoms with Crippen molar-refractivity contribution in [1.29, 1.82) is 0 Å². The van der Waals surface area contributed by atoms with E-state index in [9.17, 15) is 14.4 Å². The normalized spacial score (nSPS) is 11.4. The lowest BCUT2D eigenvalue weighted by Gasteiger charge is -2.12. The van der Waals surface area contributed by atoms with Gasteiger partial charge in [0, 0.05) is 28.6 Å². The van der Waals surface area contributed by atoms with Crippen molar-refractivity contribution in [2.45, 2.75) is 0 Å². The fourth-order valence-corrected chi connectivity index (χ4v) is 3.66. The third-order valence-corrected chi connectivity index (χ3v) is 5.49. The van der Waals surface area contributed by atoms with Crippen LogP contribution in [-0.4, -0.2) is 24.5 Å². The highest BCUT2D eigenvalue weighted by Gasteiger charge is 2.17. The first kappa shape index (κ1) is 22.7. The molecule has 8 heteroatoms. The summed E-state index contributed by atoms with van der Waals surface area (Å²) in [6.45, 7) is 0.141. The Bertz CT molecular complexity index is 1440. The smallest absolute Gasteiger partial charge is 0.257 e. The summed E-state index contributed by atoms with van der Waals surface area (Å²) in [6.07, 6.45) is 0. The van der Waals surface area contributed by atoms with E-state index >= 15 is 0 Å². The molecule has 0 fully saturated rings. The molecule has 5 rings (SSSR count). The van der Waals surface area contributed by atoms with Crippen molar-refractivity contribution in [2.24, 2.45) is 0 Å². The molecule has 4 aromatic carbocycles. The van der Waals surface area contributed by atoms with Crippen molar-refractivity contribution in [3.63, 3.8) is 0 Å². The van der Waals surface area contributed by atoms with Crippen LogP contribution in [0.1, 0.15) is 31.1 Å². The van der Waals surface area contributed by atoms with E-state index in [1.165, 1.54) is 0 Å². The molecular weight excluding hydrogens is 458 g/mol. The van der Waals surface area contributed by atoms with Gasteiger partial charge in [0.25, 0.3) is 17.7 Å². The zero-order valence-corrected chi connectivity index (χ0v) is 19.0. The summed E-state index contributed by atoms with van der Waals surface area (Å²) in [4.78, 5) is 38.1. The van der Waals surface area contributed by atoms with Gasteiger partial charge in [-0.1, -0.05) is 30.3 Å². The molecule has 0 saturated carbocycles. The van der Waals surface area contributed by atoms with Gasteiger partial charge in [-0.2, -0.15) is 0 Å². The van der Waals surface area contributed by atoms with Crippen LogP contribution >= 0.6 is 0 Å². The van der Waals surface area contributed by atoms with Crippen LogP contribution in [0.2, 0.25) is 0 Å². The highest BCUT2D eigenvalue weighted by atomic mass is 16.7. The van der Waals surface area contributed by atoms with Crippen LogP contribution in [0, 0.1) is 0 Å². The Labute approximate surface area is 206 Å². The molecule has 36 heavy (non-hydrogen) atoms. The molecule has 0 spiro atoms. The van der Waals surface area contributed by atoms with Crippen LogP contribution in [0.5, 0.6) is 11.5 Å². The number of hydrogen-bond acceptors (Lipinski definition) is 5. The summed E-state index contributed by atoms with van der Waals surface area (Å²) in [5.74, 6) is 0.155. The van der Waals surface area contributed by atoms with Crippen molar-refractivity contribution in [3.8, 4) is 11.5 Å². The molecule has 0 bridgehead atoms. The Hall–Kier alpha value is -5.11. The Balaban J connectivity index is 1.25. The fraction of sp³-hybridized carbons (Fsp3) is 0.0357. The van der Waals surface area contributed by atoms with E-state index in [0.717, 1.165) is 0 Å². The molecular formula is C28H21N3O5. The molecule has 1 aliphatic rings. The second-order valence-electron chi connectivity index (χ2n) is 7.92. The number of ether oxygens (including phenoxy) is 2. The van der Waals surface area contributed by atoms with Gasteiger partial charge in [0.1, 0.15) is 0 Å². The predicted octanol–water partition coefficient (Wildman–Crippen LogP) is 5.17. The average Bonchev–Trinajstić information content (AvgIpc) is 3.38. The van der Waals surface area contributed by atoms with Crippen LogP contribution in [0.4, 0.5) is 17.1 Å². The zero-order chi connectivity index (χ0) is 24.9. The summed E-state index contributed by atoms with van der Waals surface area (Å²) in [6, 6.07) is 27.2. The maximum Gasteiger partial charge on any atom is 0.257 e. The molecule has 1 aliphatic heterocycles. The number of benzene rings is 4. The van der Waals surface area contributed by atoms with Crippen LogP contribution < -0.4 is 25.4 Å². The number of para-hydroxylation sites is 1. The summed E-state index contributed by atoms with van der Waals surface area (Å²) in [5, 5.41) is 8.40. The Kier molecular flexibility index (Phi) is 6.31.